The number of benzene rings is 3. The molecule has 1 amide bonds. The molecule has 0 fully saturated rings. The highest BCUT2D eigenvalue weighted by atomic mass is 32.2. The molecule has 0 saturated carbocycles. The Hall–Kier alpha value is -3.79. The summed E-state index contributed by atoms with van der Waals surface area (Å²) in [6.45, 7) is 2.08. The highest BCUT2D eigenvalue weighted by Crippen LogP contribution is 2.31. The van der Waals surface area contributed by atoms with E-state index in [0.717, 1.165) is 23.4 Å². The maximum atomic E-state index is 13.0. The van der Waals surface area contributed by atoms with Gasteiger partial charge in [-0.2, -0.15) is 13.2 Å². The fourth-order valence-electron chi connectivity index (χ4n) is 3.38. The van der Waals surface area contributed by atoms with E-state index in [1.807, 2.05) is 61.5 Å². The van der Waals surface area contributed by atoms with Crippen LogP contribution in [0.2, 0.25) is 0 Å². The van der Waals surface area contributed by atoms with Crippen LogP contribution in [0, 0.1) is 6.92 Å². The molecule has 2 N–H and O–H groups in total. The quantitative estimate of drug-likeness (QED) is 0.295. The van der Waals surface area contributed by atoms with Gasteiger partial charge in [0.25, 0.3) is 0 Å². The van der Waals surface area contributed by atoms with Crippen molar-refractivity contribution in [1.29, 1.82) is 0 Å². The van der Waals surface area contributed by atoms with Crippen molar-refractivity contribution >= 4 is 29.0 Å². The fraction of sp³-hybridized carbons (Fsp3) is 0.160. The number of hydrogen-bond donors (Lipinski definition) is 2. The summed E-state index contributed by atoms with van der Waals surface area (Å²) in [7, 11) is 0. The zero-order valence-corrected chi connectivity index (χ0v) is 19.5. The van der Waals surface area contributed by atoms with Crippen LogP contribution < -0.4 is 10.6 Å². The van der Waals surface area contributed by atoms with Gasteiger partial charge in [-0.1, -0.05) is 48.2 Å². The van der Waals surface area contributed by atoms with Gasteiger partial charge in [-0.25, -0.2) is 0 Å². The Labute approximate surface area is 204 Å². The second-order valence-corrected chi connectivity index (χ2v) is 8.65. The van der Waals surface area contributed by atoms with Gasteiger partial charge in [-0.3, -0.25) is 9.36 Å². The van der Waals surface area contributed by atoms with Gasteiger partial charge in [0.05, 0.1) is 17.9 Å². The van der Waals surface area contributed by atoms with Crippen molar-refractivity contribution in [3.8, 4) is 5.69 Å². The molecule has 4 rings (SSSR count). The van der Waals surface area contributed by atoms with Crippen LogP contribution in [-0.4, -0.2) is 26.4 Å². The van der Waals surface area contributed by atoms with Crippen LogP contribution in [0.4, 0.5) is 24.5 Å². The normalized spacial score (nSPS) is 11.3. The number of halogens is 3. The van der Waals surface area contributed by atoms with Crippen LogP contribution in [0.15, 0.2) is 84.0 Å². The van der Waals surface area contributed by atoms with Crippen LogP contribution >= 0.6 is 11.8 Å². The van der Waals surface area contributed by atoms with Gasteiger partial charge < -0.3 is 10.6 Å². The van der Waals surface area contributed by atoms with Crippen molar-refractivity contribution in [2.45, 2.75) is 24.8 Å². The molecule has 0 bridgehead atoms. The summed E-state index contributed by atoms with van der Waals surface area (Å²) in [6, 6.07) is 21.8. The number of nitrogens with zero attached hydrogens (tertiary/aromatic N) is 3. The van der Waals surface area contributed by atoms with Gasteiger partial charge in [0, 0.05) is 17.1 Å². The highest BCUT2D eigenvalue weighted by molar-refractivity contribution is 7.99. The van der Waals surface area contributed by atoms with Crippen molar-refractivity contribution in [1.82, 2.24) is 14.8 Å². The molecule has 0 radical (unpaired) electrons. The molecule has 4 aromatic rings. The van der Waals surface area contributed by atoms with E-state index in [4.69, 9.17) is 0 Å². The van der Waals surface area contributed by atoms with E-state index >= 15 is 0 Å². The van der Waals surface area contributed by atoms with Crippen LogP contribution in [0.5, 0.6) is 0 Å². The largest absolute Gasteiger partial charge is 0.416 e. The van der Waals surface area contributed by atoms with Crippen molar-refractivity contribution in [3.05, 3.63) is 95.8 Å². The predicted octanol–water partition coefficient (Wildman–Crippen LogP) is 5.94. The average Bonchev–Trinajstić information content (AvgIpc) is 3.24. The first-order chi connectivity index (χ1) is 16.8. The standard InChI is InChI=1S/C25H22F3N5OS/c1-17-7-5-10-20(13-17)30-23(34)16-35-24-32-31-22(33(24)21-11-3-2-4-12-21)15-29-19-9-6-8-18(14-19)25(26,27)28/h2-14,29H,15-16H2,1H3,(H,30,34). The minimum absolute atomic E-state index is 0.111. The number of nitrogens with one attached hydrogen (secondary N) is 2. The van der Waals surface area contributed by atoms with Gasteiger partial charge in [-0.05, 0) is 55.0 Å². The third kappa shape index (κ3) is 6.42. The number of alkyl halides is 3. The molecular formula is C25H22F3N5OS. The maximum Gasteiger partial charge on any atom is 0.416 e. The number of anilines is 2. The topological polar surface area (TPSA) is 71.8 Å². The third-order valence-corrected chi connectivity index (χ3v) is 5.92. The minimum atomic E-state index is -4.43. The number of thioether (sulfide) groups is 1. The van der Waals surface area contributed by atoms with Gasteiger partial charge in [0.2, 0.25) is 5.91 Å². The molecule has 0 saturated heterocycles. The van der Waals surface area contributed by atoms with Crippen LogP contribution in [0.1, 0.15) is 17.0 Å². The van der Waals surface area contributed by atoms with Gasteiger partial charge in [0.15, 0.2) is 11.0 Å². The van der Waals surface area contributed by atoms with E-state index in [0.29, 0.717) is 22.4 Å². The molecule has 0 aliphatic heterocycles. The molecule has 3 aromatic carbocycles. The Balaban J connectivity index is 1.50. The van der Waals surface area contributed by atoms with Crippen molar-refractivity contribution in [2.24, 2.45) is 0 Å². The highest BCUT2D eigenvalue weighted by Gasteiger charge is 2.30. The van der Waals surface area contributed by atoms with Crippen molar-refractivity contribution in [3.63, 3.8) is 0 Å². The predicted molar refractivity (Wildman–Crippen MR) is 131 cm³/mol. The van der Waals surface area contributed by atoms with E-state index in [-0.39, 0.29) is 18.2 Å². The second-order valence-electron chi connectivity index (χ2n) is 7.71. The first kappa shape index (κ1) is 24.3. The molecule has 0 aliphatic rings. The molecule has 0 spiro atoms. The van der Waals surface area contributed by atoms with E-state index in [1.165, 1.54) is 17.8 Å². The Morgan fingerprint density at radius 1 is 0.943 bits per heavy atom. The molecular weight excluding hydrogens is 475 g/mol. The summed E-state index contributed by atoms with van der Waals surface area (Å²) in [5.41, 5.74) is 2.11. The Morgan fingerprint density at radius 2 is 1.69 bits per heavy atom. The lowest BCUT2D eigenvalue weighted by molar-refractivity contribution is -0.137. The molecule has 0 unspecified atom stereocenters. The number of rotatable bonds is 8. The fourth-order valence-corrected chi connectivity index (χ4v) is 4.15. The zero-order valence-electron chi connectivity index (χ0n) is 18.7. The summed E-state index contributed by atoms with van der Waals surface area (Å²) in [5, 5.41) is 14.8. The summed E-state index contributed by atoms with van der Waals surface area (Å²) in [5.74, 6) is 0.419. The summed E-state index contributed by atoms with van der Waals surface area (Å²) >= 11 is 1.22. The number of aryl methyl sites for hydroxylation is 1. The van der Waals surface area contributed by atoms with E-state index in [2.05, 4.69) is 20.8 Å². The van der Waals surface area contributed by atoms with E-state index in [1.54, 1.807) is 10.6 Å². The first-order valence-corrected chi connectivity index (χ1v) is 11.7. The molecule has 180 valence electrons. The second kappa shape index (κ2) is 10.6. The number of carbonyl (C=O) groups excluding carboxylic acids is 1. The summed E-state index contributed by atoms with van der Waals surface area (Å²) in [4.78, 5) is 12.5. The minimum Gasteiger partial charge on any atom is -0.378 e. The molecule has 0 aliphatic carbocycles. The number of para-hydroxylation sites is 1. The van der Waals surface area contributed by atoms with Gasteiger partial charge in [-0.15, -0.1) is 10.2 Å². The van der Waals surface area contributed by atoms with Crippen LogP contribution in [0.25, 0.3) is 5.69 Å². The number of aromatic nitrogens is 3. The molecule has 0 atom stereocenters. The maximum absolute atomic E-state index is 13.0. The van der Waals surface area contributed by atoms with E-state index in [9.17, 15) is 18.0 Å². The molecule has 10 heteroatoms. The van der Waals surface area contributed by atoms with Gasteiger partial charge >= 0.3 is 6.18 Å². The average molecular weight is 498 g/mol. The third-order valence-electron chi connectivity index (χ3n) is 4.99. The molecule has 1 heterocycles. The Kier molecular flexibility index (Phi) is 7.40. The molecule has 6 nitrogen and oxygen atoms in total. The Bertz CT molecular complexity index is 1310. The lowest BCUT2D eigenvalue weighted by atomic mass is 10.2. The smallest absolute Gasteiger partial charge is 0.378 e. The molecule has 1 aromatic heterocycles. The number of hydrogen-bond acceptors (Lipinski definition) is 5. The van der Waals surface area contributed by atoms with E-state index < -0.39 is 11.7 Å². The molecule has 35 heavy (non-hydrogen) atoms. The SMILES string of the molecule is Cc1cccc(NC(=O)CSc2nnc(CNc3cccc(C(F)(F)F)c3)n2-c2ccccc2)c1. The Morgan fingerprint density at radius 3 is 2.43 bits per heavy atom. The lowest BCUT2D eigenvalue weighted by Gasteiger charge is -2.13. The monoisotopic (exact) mass is 497 g/mol. The lowest BCUT2D eigenvalue weighted by Crippen LogP contribution is -2.15. The van der Waals surface area contributed by atoms with Crippen molar-refractivity contribution in [2.75, 3.05) is 16.4 Å². The van der Waals surface area contributed by atoms with Gasteiger partial charge in [0.1, 0.15) is 0 Å². The number of amides is 1. The van der Waals surface area contributed by atoms with Crippen LogP contribution in [-0.2, 0) is 17.5 Å². The van der Waals surface area contributed by atoms with Crippen molar-refractivity contribution < 1.29 is 18.0 Å². The zero-order chi connectivity index (χ0) is 24.8. The summed E-state index contributed by atoms with van der Waals surface area (Å²) < 4.78 is 40.9. The number of carbonyl (C=O) groups is 1. The van der Waals surface area contributed by atoms with Crippen LogP contribution in [0.3, 0.4) is 0 Å². The summed E-state index contributed by atoms with van der Waals surface area (Å²) in [6.07, 6.45) is -4.43. The first-order valence-electron chi connectivity index (χ1n) is 10.7.